The van der Waals surface area contributed by atoms with Gasteiger partial charge in [0.2, 0.25) is 0 Å². The van der Waals surface area contributed by atoms with Crippen LogP contribution in [0.3, 0.4) is 0 Å². The summed E-state index contributed by atoms with van der Waals surface area (Å²) in [6.07, 6.45) is 3.85. The number of aromatic nitrogens is 2. The number of ether oxygens (including phenoxy) is 1. The molecule has 3 aromatic rings. The van der Waals surface area contributed by atoms with E-state index in [4.69, 9.17) is 33.7 Å². The first-order valence-electron chi connectivity index (χ1n) is 6.41. The molecule has 1 aromatic carbocycles. The molecule has 0 aliphatic rings. The van der Waals surface area contributed by atoms with Crippen molar-refractivity contribution in [2.75, 3.05) is 0 Å². The van der Waals surface area contributed by atoms with Gasteiger partial charge in [-0.3, -0.25) is 0 Å². The molecular weight excluding hydrogens is 309 g/mol. The van der Waals surface area contributed by atoms with Gasteiger partial charge in [-0.25, -0.2) is 4.98 Å². The molecule has 0 fully saturated rings. The number of pyridine rings is 1. The summed E-state index contributed by atoms with van der Waals surface area (Å²) in [7, 11) is 0. The summed E-state index contributed by atoms with van der Waals surface area (Å²) in [4.78, 5) is 4.47. The van der Waals surface area contributed by atoms with Gasteiger partial charge in [0.05, 0.1) is 10.7 Å². The summed E-state index contributed by atoms with van der Waals surface area (Å²) < 4.78 is 7.72. The van der Waals surface area contributed by atoms with Crippen molar-refractivity contribution in [2.24, 2.45) is 5.73 Å². The highest BCUT2D eigenvalue weighted by atomic mass is 35.5. The van der Waals surface area contributed by atoms with Crippen molar-refractivity contribution in [3.8, 4) is 5.75 Å². The molecule has 108 valence electrons. The lowest BCUT2D eigenvalue weighted by Gasteiger charge is -2.11. The lowest BCUT2D eigenvalue weighted by Crippen LogP contribution is -2.03. The smallest absolute Gasteiger partial charge is 0.143 e. The van der Waals surface area contributed by atoms with Gasteiger partial charge in [0.1, 0.15) is 18.0 Å². The molecule has 0 aliphatic carbocycles. The molecule has 3 rings (SSSR count). The zero-order valence-corrected chi connectivity index (χ0v) is 12.6. The first-order chi connectivity index (χ1) is 10.2. The number of nitrogens with two attached hydrogens (primary N) is 1. The molecule has 0 bridgehead atoms. The standard InChI is InChI=1S/C15H13Cl2N3O/c16-11-5-10(7-18)15(13(17)6-11)21-9-12-8-20-4-2-1-3-14(20)19-12/h1-6,8H,7,9,18H2. The largest absolute Gasteiger partial charge is 0.485 e. The summed E-state index contributed by atoms with van der Waals surface area (Å²) in [6.45, 7) is 0.622. The van der Waals surface area contributed by atoms with Gasteiger partial charge in [0.15, 0.2) is 0 Å². The zero-order chi connectivity index (χ0) is 14.8. The number of rotatable bonds is 4. The van der Waals surface area contributed by atoms with Crippen LogP contribution in [0.5, 0.6) is 5.75 Å². The summed E-state index contributed by atoms with van der Waals surface area (Å²) in [5.41, 5.74) is 8.16. The number of hydrogen-bond donors (Lipinski definition) is 1. The maximum Gasteiger partial charge on any atom is 0.143 e. The molecule has 2 aromatic heterocycles. The third kappa shape index (κ3) is 2.97. The van der Waals surface area contributed by atoms with Gasteiger partial charge in [-0.1, -0.05) is 29.3 Å². The van der Waals surface area contributed by atoms with Gasteiger partial charge in [-0.2, -0.15) is 0 Å². The van der Waals surface area contributed by atoms with E-state index in [9.17, 15) is 0 Å². The van der Waals surface area contributed by atoms with E-state index in [0.717, 1.165) is 16.9 Å². The Hall–Kier alpha value is -1.75. The average Bonchev–Trinajstić information content (AvgIpc) is 2.88. The maximum absolute atomic E-state index is 6.17. The first-order valence-corrected chi connectivity index (χ1v) is 7.16. The maximum atomic E-state index is 6.17. The summed E-state index contributed by atoms with van der Waals surface area (Å²) in [5.74, 6) is 0.556. The van der Waals surface area contributed by atoms with Gasteiger partial charge in [0, 0.05) is 29.5 Å². The van der Waals surface area contributed by atoms with Gasteiger partial charge in [-0.05, 0) is 24.3 Å². The third-order valence-corrected chi connectivity index (χ3v) is 3.58. The lowest BCUT2D eigenvalue weighted by molar-refractivity contribution is 0.299. The van der Waals surface area contributed by atoms with E-state index < -0.39 is 0 Å². The van der Waals surface area contributed by atoms with Crippen molar-refractivity contribution in [3.63, 3.8) is 0 Å². The molecule has 0 amide bonds. The van der Waals surface area contributed by atoms with Crippen LogP contribution in [0.15, 0.2) is 42.7 Å². The Bertz CT molecular complexity index is 753. The van der Waals surface area contributed by atoms with Crippen LogP contribution in [0.25, 0.3) is 5.65 Å². The minimum Gasteiger partial charge on any atom is -0.485 e. The number of halogens is 2. The highest BCUT2D eigenvalue weighted by molar-refractivity contribution is 6.35. The fourth-order valence-corrected chi connectivity index (χ4v) is 2.72. The van der Waals surface area contributed by atoms with Gasteiger partial charge in [0.25, 0.3) is 0 Å². The Morgan fingerprint density at radius 1 is 1.24 bits per heavy atom. The van der Waals surface area contributed by atoms with E-state index in [-0.39, 0.29) is 0 Å². The van der Waals surface area contributed by atoms with E-state index >= 15 is 0 Å². The van der Waals surface area contributed by atoms with Crippen LogP contribution >= 0.6 is 23.2 Å². The highest BCUT2D eigenvalue weighted by Gasteiger charge is 2.11. The van der Waals surface area contributed by atoms with Crippen molar-refractivity contribution in [1.82, 2.24) is 9.38 Å². The molecule has 2 heterocycles. The van der Waals surface area contributed by atoms with Crippen LogP contribution in [0, 0.1) is 0 Å². The minimum absolute atomic E-state index is 0.306. The number of benzene rings is 1. The molecule has 21 heavy (non-hydrogen) atoms. The SMILES string of the molecule is NCc1cc(Cl)cc(Cl)c1OCc1cn2ccccc2n1. The quantitative estimate of drug-likeness (QED) is 0.797. The normalized spacial score (nSPS) is 11.0. The zero-order valence-electron chi connectivity index (χ0n) is 11.1. The molecular formula is C15H13Cl2N3O. The Morgan fingerprint density at radius 3 is 2.86 bits per heavy atom. The molecule has 0 aliphatic heterocycles. The summed E-state index contributed by atoms with van der Waals surface area (Å²) >= 11 is 12.1. The predicted molar refractivity (Wildman–Crippen MR) is 83.9 cm³/mol. The van der Waals surface area contributed by atoms with Crippen LogP contribution < -0.4 is 10.5 Å². The predicted octanol–water partition coefficient (Wildman–Crippen LogP) is 3.68. The number of nitrogens with zero attached hydrogens (tertiary/aromatic N) is 2. The Morgan fingerprint density at radius 2 is 2.10 bits per heavy atom. The fraction of sp³-hybridized carbons (Fsp3) is 0.133. The van der Waals surface area contributed by atoms with Crippen LogP contribution in [0.1, 0.15) is 11.3 Å². The minimum atomic E-state index is 0.306. The molecule has 0 atom stereocenters. The molecule has 0 spiro atoms. The van der Waals surface area contributed by atoms with Crippen LogP contribution in [0.4, 0.5) is 0 Å². The van der Waals surface area contributed by atoms with Gasteiger partial charge < -0.3 is 14.9 Å². The number of imidazole rings is 1. The van der Waals surface area contributed by atoms with Crippen LogP contribution in [-0.2, 0) is 13.2 Å². The summed E-state index contributed by atoms with van der Waals surface area (Å²) in [6, 6.07) is 9.22. The van der Waals surface area contributed by atoms with E-state index in [0.29, 0.717) is 28.9 Å². The topological polar surface area (TPSA) is 52.5 Å². The summed E-state index contributed by atoms with van der Waals surface area (Å²) in [5, 5.41) is 0.993. The molecule has 0 radical (unpaired) electrons. The molecule has 4 nitrogen and oxygen atoms in total. The van der Waals surface area contributed by atoms with Gasteiger partial charge >= 0.3 is 0 Å². The van der Waals surface area contributed by atoms with Crippen molar-refractivity contribution in [2.45, 2.75) is 13.2 Å². The third-order valence-electron chi connectivity index (χ3n) is 3.08. The second-order valence-electron chi connectivity index (χ2n) is 4.57. The second kappa shape index (κ2) is 5.93. The lowest BCUT2D eigenvalue weighted by atomic mass is 10.2. The van der Waals surface area contributed by atoms with E-state index in [2.05, 4.69) is 4.98 Å². The van der Waals surface area contributed by atoms with Crippen molar-refractivity contribution < 1.29 is 4.74 Å². The number of hydrogen-bond acceptors (Lipinski definition) is 3. The van der Waals surface area contributed by atoms with E-state index in [1.807, 2.05) is 35.0 Å². The molecule has 0 saturated heterocycles. The fourth-order valence-electron chi connectivity index (χ4n) is 2.13. The van der Waals surface area contributed by atoms with Crippen LogP contribution in [0.2, 0.25) is 10.0 Å². The monoisotopic (exact) mass is 321 g/mol. The molecule has 0 unspecified atom stereocenters. The molecule has 6 heteroatoms. The average molecular weight is 322 g/mol. The Labute approximate surface area is 132 Å². The van der Waals surface area contributed by atoms with Crippen molar-refractivity contribution in [3.05, 3.63) is 64.0 Å². The highest BCUT2D eigenvalue weighted by Crippen LogP contribution is 2.32. The van der Waals surface area contributed by atoms with Crippen molar-refractivity contribution in [1.29, 1.82) is 0 Å². The Balaban J connectivity index is 1.84. The van der Waals surface area contributed by atoms with Gasteiger partial charge in [-0.15, -0.1) is 0 Å². The Kier molecular flexibility index (Phi) is 4.01. The van der Waals surface area contributed by atoms with E-state index in [1.54, 1.807) is 12.1 Å². The molecule has 2 N–H and O–H groups in total. The van der Waals surface area contributed by atoms with E-state index in [1.165, 1.54) is 0 Å². The first kappa shape index (κ1) is 14.2. The number of fused-ring (bicyclic) bond motifs is 1. The molecule has 0 saturated carbocycles. The van der Waals surface area contributed by atoms with Crippen LogP contribution in [-0.4, -0.2) is 9.38 Å². The second-order valence-corrected chi connectivity index (χ2v) is 5.41. The van der Waals surface area contributed by atoms with Crippen molar-refractivity contribution >= 4 is 28.8 Å².